The van der Waals surface area contributed by atoms with Crippen molar-refractivity contribution >= 4 is 34.1 Å². The number of rotatable bonds is 10. The highest BCUT2D eigenvalue weighted by Gasteiger charge is 2.28. The van der Waals surface area contributed by atoms with Crippen LogP contribution < -0.4 is 17.3 Å². The average Bonchev–Trinajstić information content (AvgIpc) is 2.63. The van der Waals surface area contributed by atoms with E-state index in [0.29, 0.717) is 29.3 Å². The summed E-state index contributed by atoms with van der Waals surface area (Å²) in [6.45, 7) is 11.7. The maximum absolute atomic E-state index is 12.1. The number of hydrogen-bond donors (Lipinski definition) is 1. The fraction of sp³-hybridized carbons (Fsp3) is 0.571. The Labute approximate surface area is 185 Å². The first kappa shape index (κ1) is 26.9. The second kappa shape index (κ2) is 13.2. The predicted molar refractivity (Wildman–Crippen MR) is 116 cm³/mol. The lowest BCUT2D eigenvalue weighted by Gasteiger charge is -2.27. The standard InChI is InChI=1S/C21H30N2O2S2.ClH/c1-16(2)23(17(3)4)13-14-25-19(24)11-12-21(5,15-22)27-20(26)18-9-7-6-8-10-18;/h6-10,16-17H,11-14H2,1-5H3;1H. The lowest BCUT2D eigenvalue weighted by molar-refractivity contribution is -0.942. The normalized spacial score (nSPS) is 13.0. The molecule has 1 atom stereocenters. The molecule has 0 bridgehead atoms. The van der Waals surface area contributed by atoms with Crippen LogP contribution in [0.25, 0.3) is 0 Å². The maximum Gasteiger partial charge on any atom is 0.306 e. The summed E-state index contributed by atoms with van der Waals surface area (Å²) in [6, 6.07) is 12.9. The first-order valence-corrected chi connectivity index (χ1v) is 10.6. The van der Waals surface area contributed by atoms with E-state index in [1.165, 1.54) is 16.7 Å². The van der Waals surface area contributed by atoms with Gasteiger partial charge in [0.1, 0.15) is 17.9 Å². The molecule has 28 heavy (non-hydrogen) atoms. The van der Waals surface area contributed by atoms with Gasteiger partial charge in [0.05, 0.1) is 22.3 Å². The van der Waals surface area contributed by atoms with Gasteiger partial charge in [0.25, 0.3) is 0 Å². The number of nitriles is 1. The van der Waals surface area contributed by atoms with Gasteiger partial charge in [-0.25, -0.2) is 0 Å². The molecule has 1 aromatic rings. The van der Waals surface area contributed by atoms with Gasteiger partial charge in [-0.2, -0.15) is 5.26 Å². The zero-order chi connectivity index (χ0) is 20.4. The van der Waals surface area contributed by atoms with Crippen molar-refractivity contribution in [3.8, 4) is 6.07 Å². The topological polar surface area (TPSA) is 54.5 Å². The minimum atomic E-state index is -0.751. The number of thiocarbonyl (C=S) groups is 1. The van der Waals surface area contributed by atoms with Gasteiger partial charge in [0, 0.05) is 6.42 Å². The molecule has 0 heterocycles. The molecule has 156 valence electrons. The van der Waals surface area contributed by atoms with E-state index in [0.717, 1.165) is 12.1 Å². The Morgan fingerprint density at radius 3 is 2.32 bits per heavy atom. The average molecular weight is 443 g/mol. The number of quaternary nitrogens is 1. The Bertz CT molecular complexity index is 654. The maximum atomic E-state index is 12.1. The number of ether oxygens (including phenoxy) is 1. The third-order valence-corrected chi connectivity index (χ3v) is 6.16. The van der Waals surface area contributed by atoms with Gasteiger partial charge in [0.15, 0.2) is 0 Å². The molecule has 0 saturated carbocycles. The number of nitrogens with zero attached hydrogens (tertiary/aromatic N) is 1. The summed E-state index contributed by atoms with van der Waals surface area (Å²) in [5, 5.41) is 9.58. The molecule has 0 fully saturated rings. The van der Waals surface area contributed by atoms with E-state index in [2.05, 4.69) is 33.8 Å². The minimum Gasteiger partial charge on any atom is -1.00 e. The van der Waals surface area contributed by atoms with E-state index in [-0.39, 0.29) is 24.8 Å². The van der Waals surface area contributed by atoms with Crippen LogP contribution in [0.3, 0.4) is 0 Å². The molecule has 0 aromatic heterocycles. The molecular formula is C21H31ClN2O2S2. The summed E-state index contributed by atoms with van der Waals surface area (Å²) >= 11 is 6.79. The molecule has 1 aromatic carbocycles. The van der Waals surface area contributed by atoms with Crippen LogP contribution in [0.5, 0.6) is 0 Å². The van der Waals surface area contributed by atoms with Gasteiger partial charge in [-0.05, 0) is 46.6 Å². The van der Waals surface area contributed by atoms with Crippen LogP contribution in [0, 0.1) is 11.3 Å². The van der Waals surface area contributed by atoms with E-state index < -0.39 is 4.75 Å². The third-order valence-electron chi connectivity index (χ3n) is 4.51. The Kier molecular flexibility index (Phi) is 12.6. The SMILES string of the molecule is CC(C)[NH+](CCOC(=O)CCC(C)(C#N)SC(=S)c1ccccc1)C(C)C.[Cl-]. The number of esters is 1. The van der Waals surface area contributed by atoms with Gasteiger partial charge in [-0.15, -0.1) is 0 Å². The van der Waals surface area contributed by atoms with Gasteiger partial charge in [-0.3, -0.25) is 4.79 Å². The Morgan fingerprint density at radius 2 is 1.82 bits per heavy atom. The molecule has 0 aliphatic heterocycles. The van der Waals surface area contributed by atoms with Crippen molar-refractivity contribution in [2.75, 3.05) is 13.2 Å². The zero-order valence-electron chi connectivity index (χ0n) is 17.3. The predicted octanol–water partition coefficient (Wildman–Crippen LogP) is 0.407. The molecule has 4 nitrogen and oxygen atoms in total. The van der Waals surface area contributed by atoms with Crippen molar-refractivity contribution in [3.05, 3.63) is 35.9 Å². The molecule has 7 heteroatoms. The Hall–Kier alpha value is -1.13. The molecule has 0 radical (unpaired) electrons. The van der Waals surface area contributed by atoms with E-state index >= 15 is 0 Å². The van der Waals surface area contributed by atoms with Gasteiger partial charge >= 0.3 is 5.97 Å². The van der Waals surface area contributed by atoms with Crippen LogP contribution in [0.15, 0.2) is 30.3 Å². The third kappa shape index (κ3) is 9.38. The Morgan fingerprint density at radius 1 is 1.25 bits per heavy atom. The zero-order valence-corrected chi connectivity index (χ0v) is 19.7. The van der Waals surface area contributed by atoms with Crippen LogP contribution in [0.2, 0.25) is 0 Å². The fourth-order valence-corrected chi connectivity index (χ4v) is 4.51. The molecular weight excluding hydrogens is 412 g/mol. The highest BCUT2D eigenvalue weighted by molar-refractivity contribution is 8.24. The second-order valence-corrected chi connectivity index (χ2v) is 9.63. The van der Waals surface area contributed by atoms with Crippen LogP contribution in [0.4, 0.5) is 0 Å². The second-order valence-electron chi connectivity index (χ2n) is 7.45. The number of carbonyl (C=O) groups excluding carboxylic acids is 1. The van der Waals surface area contributed by atoms with Crippen molar-refractivity contribution in [1.29, 1.82) is 5.26 Å². The van der Waals surface area contributed by atoms with Crippen LogP contribution in [-0.2, 0) is 9.53 Å². The number of halogens is 1. The Balaban J connectivity index is 0.00000729. The van der Waals surface area contributed by atoms with Gasteiger partial charge in [0.2, 0.25) is 0 Å². The van der Waals surface area contributed by atoms with Crippen LogP contribution in [0.1, 0.15) is 53.0 Å². The molecule has 0 spiro atoms. The van der Waals surface area contributed by atoms with Crippen molar-refractivity contribution < 1.29 is 26.8 Å². The van der Waals surface area contributed by atoms with Crippen LogP contribution in [-0.4, -0.2) is 40.1 Å². The molecule has 0 aliphatic rings. The number of benzene rings is 1. The van der Waals surface area contributed by atoms with Crippen molar-refractivity contribution in [2.24, 2.45) is 0 Å². The van der Waals surface area contributed by atoms with E-state index in [1.54, 1.807) is 0 Å². The summed E-state index contributed by atoms with van der Waals surface area (Å²) in [5.41, 5.74) is 0.923. The monoisotopic (exact) mass is 442 g/mol. The van der Waals surface area contributed by atoms with E-state index in [4.69, 9.17) is 17.0 Å². The molecule has 1 rings (SSSR count). The first-order chi connectivity index (χ1) is 12.7. The summed E-state index contributed by atoms with van der Waals surface area (Å²) in [6.07, 6.45) is 0.623. The molecule has 0 saturated heterocycles. The fourth-order valence-electron chi connectivity index (χ4n) is 2.91. The number of carbonyl (C=O) groups is 1. The lowest BCUT2D eigenvalue weighted by atomic mass is 10.1. The molecule has 1 unspecified atom stereocenters. The number of nitrogens with one attached hydrogen (secondary N) is 1. The molecule has 1 N–H and O–H groups in total. The van der Waals surface area contributed by atoms with Crippen molar-refractivity contribution in [2.45, 2.75) is 64.3 Å². The van der Waals surface area contributed by atoms with Crippen LogP contribution >= 0.6 is 24.0 Å². The highest BCUT2D eigenvalue weighted by atomic mass is 35.5. The molecule has 0 amide bonds. The van der Waals surface area contributed by atoms with E-state index in [1.807, 2.05) is 37.3 Å². The van der Waals surface area contributed by atoms with E-state index in [9.17, 15) is 10.1 Å². The minimum absolute atomic E-state index is 0. The summed E-state index contributed by atoms with van der Waals surface area (Å²) in [7, 11) is 0. The number of hydrogen-bond acceptors (Lipinski definition) is 5. The summed E-state index contributed by atoms with van der Waals surface area (Å²) < 4.78 is 5.31. The van der Waals surface area contributed by atoms with Crippen molar-refractivity contribution in [3.63, 3.8) is 0 Å². The summed E-state index contributed by atoms with van der Waals surface area (Å²) in [4.78, 5) is 13.5. The van der Waals surface area contributed by atoms with Crippen molar-refractivity contribution in [1.82, 2.24) is 0 Å². The largest absolute Gasteiger partial charge is 1.00 e. The van der Waals surface area contributed by atoms with Gasteiger partial charge in [-0.1, -0.05) is 54.3 Å². The highest BCUT2D eigenvalue weighted by Crippen LogP contribution is 2.33. The quantitative estimate of drug-likeness (QED) is 0.420. The van der Waals surface area contributed by atoms with Gasteiger partial charge < -0.3 is 22.0 Å². The first-order valence-electron chi connectivity index (χ1n) is 9.39. The smallest absolute Gasteiger partial charge is 0.306 e. The molecule has 0 aliphatic carbocycles. The lowest BCUT2D eigenvalue weighted by Crippen LogP contribution is -3.18. The number of thioether (sulfide) groups is 1. The summed E-state index contributed by atoms with van der Waals surface area (Å²) in [5.74, 6) is -0.255.